The fourth-order valence-corrected chi connectivity index (χ4v) is 2.56. The lowest BCUT2D eigenvalue weighted by atomic mass is 10.1. The molecule has 108 valence electrons. The molecule has 20 heavy (non-hydrogen) atoms. The van der Waals surface area contributed by atoms with Gasteiger partial charge in [-0.15, -0.1) is 0 Å². The van der Waals surface area contributed by atoms with Crippen molar-refractivity contribution in [1.29, 1.82) is 0 Å². The molecule has 1 amide bonds. The molecule has 2 rings (SSSR count). The van der Waals surface area contributed by atoms with Crippen LogP contribution in [0.25, 0.3) is 0 Å². The van der Waals surface area contributed by atoms with Gasteiger partial charge in [0, 0.05) is 17.6 Å². The molecule has 0 aromatic heterocycles. The zero-order valence-corrected chi connectivity index (χ0v) is 12.8. The molecule has 0 N–H and O–H groups in total. The topological polar surface area (TPSA) is 55.8 Å². The molecule has 0 saturated carbocycles. The highest BCUT2D eigenvalue weighted by Gasteiger charge is 2.27. The number of morpholine rings is 1. The van der Waals surface area contributed by atoms with Gasteiger partial charge in [-0.05, 0) is 28.1 Å². The van der Waals surface area contributed by atoms with Gasteiger partial charge >= 0.3 is 5.97 Å². The van der Waals surface area contributed by atoms with E-state index < -0.39 is 0 Å². The van der Waals surface area contributed by atoms with Gasteiger partial charge in [-0.1, -0.05) is 12.1 Å². The first-order valence-corrected chi connectivity index (χ1v) is 7.13. The van der Waals surface area contributed by atoms with Gasteiger partial charge in [0.1, 0.15) is 0 Å². The summed E-state index contributed by atoms with van der Waals surface area (Å²) in [5, 5.41) is 0. The Bertz CT molecular complexity index is 506. The lowest BCUT2D eigenvalue weighted by Crippen LogP contribution is -2.46. The van der Waals surface area contributed by atoms with Gasteiger partial charge in [0.25, 0.3) is 5.91 Å². The maximum Gasteiger partial charge on any atom is 0.308 e. The van der Waals surface area contributed by atoms with Crippen molar-refractivity contribution in [2.45, 2.75) is 12.5 Å². The number of methoxy groups -OCH3 is 1. The van der Waals surface area contributed by atoms with Crippen molar-refractivity contribution < 1.29 is 19.1 Å². The Labute approximate surface area is 126 Å². The van der Waals surface area contributed by atoms with Crippen molar-refractivity contribution >= 4 is 27.8 Å². The number of halogens is 1. The molecule has 0 aliphatic carbocycles. The minimum absolute atomic E-state index is 0.0596. The van der Waals surface area contributed by atoms with E-state index in [0.717, 1.165) is 4.47 Å². The largest absolute Gasteiger partial charge is 0.469 e. The van der Waals surface area contributed by atoms with Crippen LogP contribution in [0.15, 0.2) is 28.7 Å². The van der Waals surface area contributed by atoms with Crippen LogP contribution in [0.4, 0.5) is 0 Å². The van der Waals surface area contributed by atoms with Crippen molar-refractivity contribution in [3.63, 3.8) is 0 Å². The third kappa shape index (κ3) is 3.58. The molecule has 1 aliphatic heterocycles. The van der Waals surface area contributed by atoms with E-state index in [-0.39, 0.29) is 24.4 Å². The molecule has 1 heterocycles. The van der Waals surface area contributed by atoms with Crippen LogP contribution in [0.2, 0.25) is 0 Å². The van der Waals surface area contributed by atoms with Crippen LogP contribution in [0.1, 0.15) is 16.8 Å². The smallest absolute Gasteiger partial charge is 0.308 e. The predicted molar refractivity (Wildman–Crippen MR) is 76.4 cm³/mol. The van der Waals surface area contributed by atoms with E-state index in [9.17, 15) is 9.59 Å². The highest BCUT2D eigenvalue weighted by molar-refractivity contribution is 9.10. The molecular formula is C14H16BrNO4. The molecule has 5 nitrogen and oxygen atoms in total. The van der Waals surface area contributed by atoms with Gasteiger partial charge in [0.2, 0.25) is 0 Å². The van der Waals surface area contributed by atoms with E-state index in [1.807, 2.05) is 18.2 Å². The summed E-state index contributed by atoms with van der Waals surface area (Å²) in [4.78, 5) is 25.4. The van der Waals surface area contributed by atoms with Crippen molar-refractivity contribution in [2.75, 3.05) is 26.8 Å². The third-order valence-electron chi connectivity index (χ3n) is 3.15. The number of carbonyl (C=O) groups excluding carboxylic acids is 2. The lowest BCUT2D eigenvalue weighted by molar-refractivity contribution is -0.145. The zero-order chi connectivity index (χ0) is 14.5. The Morgan fingerprint density at radius 2 is 2.20 bits per heavy atom. The highest BCUT2D eigenvalue weighted by atomic mass is 79.9. The molecule has 1 aromatic rings. The molecule has 1 atom stereocenters. The van der Waals surface area contributed by atoms with E-state index >= 15 is 0 Å². The lowest BCUT2D eigenvalue weighted by Gasteiger charge is -2.32. The molecule has 1 aliphatic rings. The average molecular weight is 342 g/mol. The van der Waals surface area contributed by atoms with Crippen LogP contribution >= 0.6 is 15.9 Å². The summed E-state index contributed by atoms with van der Waals surface area (Å²) in [7, 11) is 1.34. The van der Waals surface area contributed by atoms with E-state index in [1.165, 1.54) is 7.11 Å². The summed E-state index contributed by atoms with van der Waals surface area (Å²) in [5.41, 5.74) is 0.617. The van der Waals surface area contributed by atoms with Gasteiger partial charge in [-0.25, -0.2) is 0 Å². The first-order valence-electron chi connectivity index (χ1n) is 6.34. The monoisotopic (exact) mass is 341 g/mol. The number of esters is 1. The average Bonchev–Trinajstić information content (AvgIpc) is 2.47. The molecule has 0 radical (unpaired) electrons. The first kappa shape index (κ1) is 15.0. The van der Waals surface area contributed by atoms with Crippen molar-refractivity contribution in [2.24, 2.45) is 0 Å². The van der Waals surface area contributed by atoms with Gasteiger partial charge in [-0.3, -0.25) is 9.59 Å². The summed E-state index contributed by atoms with van der Waals surface area (Å²) < 4.78 is 10.9. The van der Waals surface area contributed by atoms with Gasteiger partial charge in [0.15, 0.2) is 0 Å². The molecular weight excluding hydrogens is 326 g/mol. The maximum absolute atomic E-state index is 12.4. The fraction of sp³-hybridized carbons (Fsp3) is 0.429. The highest BCUT2D eigenvalue weighted by Crippen LogP contribution is 2.20. The number of carbonyl (C=O) groups is 2. The van der Waals surface area contributed by atoms with E-state index in [2.05, 4.69) is 20.7 Å². The third-order valence-corrected chi connectivity index (χ3v) is 3.84. The summed E-state index contributed by atoms with van der Waals surface area (Å²) in [6, 6.07) is 7.29. The van der Waals surface area contributed by atoms with E-state index in [4.69, 9.17) is 4.74 Å². The normalized spacial score (nSPS) is 18.7. The Hall–Kier alpha value is -1.40. The van der Waals surface area contributed by atoms with Crippen LogP contribution in [0.3, 0.4) is 0 Å². The second-order valence-electron chi connectivity index (χ2n) is 4.50. The molecule has 1 fully saturated rings. The number of benzene rings is 1. The fourth-order valence-electron chi connectivity index (χ4n) is 2.10. The Morgan fingerprint density at radius 1 is 1.45 bits per heavy atom. The number of hydrogen-bond donors (Lipinski definition) is 0. The molecule has 1 saturated heterocycles. The number of nitrogens with zero attached hydrogens (tertiary/aromatic N) is 1. The molecule has 0 bridgehead atoms. The SMILES string of the molecule is COC(=O)CC1CN(C(=O)c2ccccc2Br)CCO1. The summed E-state index contributed by atoms with van der Waals surface area (Å²) in [5.74, 6) is -0.388. The predicted octanol–water partition coefficient (Wildman–Crippen LogP) is 1.85. The Morgan fingerprint density at radius 3 is 2.90 bits per heavy atom. The minimum Gasteiger partial charge on any atom is -0.469 e. The van der Waals surface area contributed by atoms with Crippen LogP contribution in [-0.2, 0) is 14.3 Å². The number of amides is 1. The van der Waals surface area contributed by atoms with Gasteiger partial charge < -0.3 is 14.4 Å². The zero-order valence-electron chi connectivity index (χ0n) is 11.2. The molecule has 0 spiro atoms. The number of hydrogen-bond acceptors (Lipinski definition) is 4. The van der Waals surface area contributed by atoms with Crippen LogP contribution in [0.5, 0.6) is 0 Å². The van der Waals surface area contributed by atoms with Crippen molar-refractivity contribution in [3.05, 3.63) is 34.3 Å². The van der Waals surface area contributed by atoms with Crippen LogP contribution < -0.4 is 0 Å². The van der Waals surface area contributed by atoms with E-state index in [0.29, 0.717) is 25.3 Å². The maximum atomic E-state index is 12.4. The Kier molecular flexibility index (Phi) is 5.14. The summed E-state index contributed by atoms with van der Waals surface area (Å²) in [6.07, 6.45) is -0.140. The summed E-state index contributed by atoms with van der Waals surface area (Å²) in [6.45, 7) is 1.35. The van der Waals surface area contributed by atoms with Crippen LogP contribution in [-0.4, -0.2) is 49.7 Å². The number of rotatable bonds is 3. The standard InChI is InChI=1S/C14H16BrNO4/c1-19-13(17)8-10-9-16(6-7-20-10)14(18)11-4-2-3-5-12(11)15/h2-5,10H,6-9H2,1H3. The van der Waals surface area contributed by atoms with Gasteiger partial charge in [-0.2, -0.15) is 0 Å². The molecule has 1 unspecified atom stereocenters. The van der Waals surface area contributed by atoms with Crippen molar-refractivity contribution in [1.82, 2.24) is 4.90 Å². The van der Waals surface area contributed by atoms with Gasteiger partial charge in [0.05, 0.1) is 31.8 Å². The molecule has 6 heteroatoms. The Balaban J connectivity index is 2.03. The van der Waals surface area contributed by atoms with E-state index in [1.54, 1.807) is 11.0 Å². The number of ether oxygens (including phenoxy) is 2. The minimum atomic E-state index is -0.329. The quantitative estimate of drug-likeness (QED) is 0.787. The first-order chi connectivity index (χ1) is 9.61. The second kappa shape index (κ2) is 6.85. The molecule has 1 aromatic carbocycles. The summed E-state index contributed by atoms with van der Waals surface area (Å²) >= 11 is 3.38. The van der Waals surface area contributed by atoms with Crippen LogP contribution in [0, 0.1) is 0 Å². The second-order valence-corrected chi connectivity index (χ2v) is 5.36. The van der Waals surface area contributed by atoms with Crippen molar-refractivity contribution in [3.8, 4) is 0 Å².